The van der Waals surface area contributed by atoms with Gasteiger partial charge < -0.3 is 29.9 Å². The molecule has 18 heteroatoms. The van der Waals surface area contributed by atoms with Gasteiger partial charge in [0.15, 0.2) is 0 Å². The van der Waals surface area contributed by atoms with Gasteiger partial charge in [-0.05, 0) is 12.1 Å². The third-order valence-electron chi connectivity index (χ3n) is 8.40. The van der Waals surface area contributed by atoms with Crippen molar-refractivity contribution < 1.29 is 55.2 Å². The van der Waals surface area contributed by atoms with Crippen LogP contribution in [-0.4, -0.2) is 123 Å². The molecule has 1 saturated heterocycles. The Bertz CT molecular complexity index is 2100. The Morgan fingerprint density at radius 1 is 0.652 bits per heavy atom. The van der Waals surface area contributed by atoms with E-state index in [2.05, 4.69) is 0 Å². The monoisotopic (exact) mass is 701 g/mol. The highest BCUT2D eigenvalue weighted by Gasteiger charge is 2.45. The third kappa shape index (κ3) is 5.66. The minimum absolute atomic E-state index is 0.0309. The normalized spacial score (nSPS) is 22.9. The van der Waals surface area contributed by atoms with E-state index in [1.54, 1.807) is 24.3 Å². The molecule has 5 rings (SSSR count). The molecule has 4 aromatic rings. The van der Waals surface area contributed by atoms with Crippen molar-refractivity contribution >= 4 is 79.4 Å². The number of rotatable bonds is 9. The molecule has 0 bridgehead atoms. The predicted octanol–water partition coefficient (Wildman–Crippen LogP) is -0.0499. The Hall–Kier alpha value is -3.23. The van der Waals surface area contributed by atoms with Gasteiger partial charge in [-0.2, -0.15) is 0 Å². The number of aliphatic hydroxyl groups excluding tert-OH is 4. The average molecular weight is 702 g/mol. The number of aliphatic hydroxyl groups is 4. The highest BCUT2D eigenvalue weighted by molar-refractivity contribution is 7.92. The molecular formula is C28H35N3O12S3. The molecule has 0 spiro atoms. The molecule has 0 radical (unpaired) electrons. The van der Waals surface area contributed by atoms with Gasteiger partial charge in [0.05, 0.1) is 42.4 Å². The summed E-state index contributed by atoms with van der Waals surface area (Å²) in [4.78, 5) is 0. The van der Waals surface area contributed by atoms with E-state index in [4.69, 9.17) is 9.47 Å². The third-order valence-corrected chi connectivity index (χ3v) is 12.0. The number of nitrogens with zero attached hydrogens (tertiary/aromatic N) is 3. The number of benzene rings is 4. The number of hydrogen-bond donors (Lipinski definition) is 4. The highest BCUT2D eigenvalue weighted by atomic mass is 32.2. The summed E-state index contributed by atoms with van der Waals surface area (Å²) in [7, 11) is -7.62. The standard InChI is InChI=1S/C28H35N3O12S3/c1-29(44(4,36)37)18-11-19(30(2)45(5,38)39)15-9-10-17-21(42-28-27(35)26(34)25(33)22(13-32)43-28)12-20(31(3)46(6,40)41)16-8-7-14(18)23(15)24(16)17/h7-12,22,25-28,32-35H,13H2,1-6H3/t22-,25+,26+,27-,28-/m1/s1. The van der Waals surface area contributed by atoms with Crippen LogP contribution in [0, 0.1) is 0 Å². The number of anilines is 3. The summed E-state index contributed by atoms with van der Waals surface area (Å²) in [6, 6.07) is 9.25. The van der Waals surface area contributed by atoms with E-state index in [0.29, 0.717) is 32.3 Å². The van der Waals surface area contributed by atoms with Gasteiger partial charge in [0.25, 0.3) is 0 Å². The Labute approximate surface area is 266 Å². The van der Waals surface area contributed by atoms with E-state index in [1.807, 2.05) is 0 Å². The molecule has 252 valence electrons. The first kappa shape index (κ1) is 34.1. The smallest absolute Gasteiger partial charge is 0.232 e. The molecule has 1 fully saturated rings. The van der Waals surface area contributed by atoms with Gasteiger partial charge in [0, 0.05) is 59.5 Å². The SMILES string of the molecule is CN(c1cc(O[C@@H]2O[C@H](CO)[C@H](O)[C@H](O)[C@H]2O)c2ccc3c(N(C)S(C)(=O)=O)cc(N(C)S(C)(=O)=O)c4ccc1c2c34)S(C)(=O)=O. The van der Waals surface area contributed by atoms with Crippen molar-refractivity contribution in [2.24, 2.45) is 0 Å². The van der Waals surface area contributed by atoms with Crippen LogP contribution in [0.15, 0.2) is 36.4 Å². The van der Waals surface area contributed by atoms with Gasteiger partial charge in [0.2, 0.25) is 36.4 Å². The zero-order valence-corrected chi connectivity index (χ0v) is 28.1. The van der Waals surface area contributed by atoms with Gasteiger partial charge in [-0.15, -0.1) is 0 Å². The molecular weight excluding hydrogens is 667 g/mol. The Morgan fingerprint density at radius 2 is 1.04 bits per heavy atom. The largest absolute Gasteiger partial charge is 0.461 e. The maximum atomic E-state index is 12.8. The fourth-order valence-corrected chi connectivity index (χ4v) is 7.14. The molecule has 4 aromatic carbocycles. The molecule has 1 aliphatic rings. The lowest BCUT2D eigenvalue weighted by molar-refractivity contribution is -0.277. The zero-order chi connectivity index (χ0) is 34.3. The molecule has 4 N–H and O–H groups in total. The van der Waals surface area contributed by atoms with Crippen LogP contribution in [0.2, 0.25) is 0 Å². The average Bonchev–Trinajstić information content (AvgIpc) is 2.97. The predicted molar refractivity (Wildman–Crippen MR) is 174 cm³/mol. The van der Waals surface area contributed by atoms with Gasteiger partial charge in [-0.25, -0.2) is 25.3 Å². The summed E-state index contributed by atoms with van der Waals surface area (Å²) < 4.78 is 91.2. The summed E-state index contributed by atoms with van der Waals surface area (Å²) in [6.07, 6.45) is -5.11. The van der Waals surface area contributed by atoms with Crippen molar-refractivity contribution in [3.8, 4) is 5.75 Å². The van der Waals surface area contributed by atoms with Crippen molar-refractivity contribution in [3.05, 3.63) is 36.4 Å². The fraction of sp³-hybridized carbons (Fsp3) is 0.429. The highest BCUT2D eigenvalue weighted by Crippen LogP contribution is 2.49. The molecule has 0 unspecified atom stereocenters. The van der Waals surface area contributed by atoms with Crippen LogP contribution in [0.3, 0.4) is 0 Å². The molecule has 15 nitrogen and oxygen atoms in total. The molecule has 0 aliphatic carbocycles. The van der Waals surface area contributed by atoms with Crippen LogP contribution in [-0.2, 0) is 34.8 Å². The maximum absolute atomic E-state index is 12.8. The summed E-state index contributed by atoms with van der Waals surface area (Å²) in [6.45, 7) is -0.710. The molecule has 0 aromatic heterocycles. The van der Waals surface area contributed by atoms with Gasteiger partial charge in [0.1, 0.15) is 30.2 Å². The molecule has 46 heavy (non-hydrogen) atoms. The van der Waals surface area contributed by atoms with Crippen LogP contribution in [0.5, 0.6) is 5.75 Å². The number of hydrogen-bond acceptors (Lipinski definition) is 12. The topological polar surface area (TPSA) is 212 Å². The fourth-order valence-electron chi connectivity index (χ4n) is 5.61. The van der Waals surface area contributed by atoms with Gasteiger partial charge in [-0.3, -0.25) is 12.9 Å². The van der Waals surface area contributed by atoms with E-state index >= 15 is 0 Å². The van der Waals surface area contributed by atoms with Crippen molar-refractivity contribution in [2.75, 3.05) is 59.4 Å². The van der Waals surface area contributed by atoms with Gasteiger partial charge >= 0.3 is 0 Å². The minimum atomic E-state index is -3.88. The second-order valence-corrected chi connectivity index (χ2v) is 17.4. The molecule has 0 amide bonds. The van der Waals surface area contributed by atoms with Gasteiger partial charge in [-0.1, -0.05) is 18.2 Å². The quantitative estimate of drug-likeness (QED) is 0.169. The summed E-state index contributed by atoms with van der Waals surface area (Å²) in [5.41, 5.74) is 0.408. The lowest BCUT2D eigenvalue weighted by atomic mass is 9.91. The van der Waals surface area contributed by atoms with Crippen LogP contribution in [0.1, 0.15) is 0 Å². The molecule has 1 aliphatic heterocycles. The van der Waals surface area contributed by atoms with E-state index in [1.165, 1.54) is 33.3 Å². The first-order chi connectivity index (χ1) is 21.2. The van der Waals surface area contributed by atoms with Crippen molar-refractivity contribution in [1.82, 2.24) is 0 Å². The number of sulfonamides is 3. The van der Waals surface area contributed by atoms with E-state index in [9.17, 15) is 45.7 Å². The summed E-state index contributed by atoms with van der Waals surface area (Å²) in [5.74, 6) is -0.0309. The lowest BCUT2D eigenvalue weighted by Gasteiger charge is -2.39. The molecule has 0 saturated carbocycles. The minimum Gasteiger partial charge on any atom is -0.461 e. The second-order valence-electron chi connectivity index (χ2n) is 11.4. The summed E-state index contributed by atoms with van der Waals surface area (Å²) >= 11 is 0. The van der Waals surface area contributed by atoms with Crippen molar-refractivity contribution in [2.45, 2.75) is 30.7 Å². The molecule has 5 atom stereocenters. The first-order valence-electron chi connectivity index (χ1n) is 13.8. The van der Waals surface area contributed by atoms with E-state index in [-0.39, 0.29) is 22.8 Å². The maximum Gasteiger partial charge on any atom is 0.232 e. The summed E-state index contributed by atoms with van der Waals surface area (Å²) in [5, 5.41) is 43.2. The van der Waals surface area contributed by atoms with Crippen LogP contribution >= 0.6 is 0 Å². The van der Waals surface area contributed by atoms with Crippen LogP contribution in [0.25, 0.3) is 32.3 Å². The Morgan fingerprint density at radius 3 is 1.46 bits per heavy atom. The van der Waals surface area contributed by atoms with Crippen LogP contribution < -0.4 is 17.7 Å². The lowest BCUT2D eigenvalue weighted by Crippen LogP contribution is -2.60. The van der Waals surface area contributed by atoms with Crippen molar-refractivity contribution in [3.63, 3.8) is 0 Å². The number of ether oxygens (including phenoxy) is 2. The Balaban J connectivity index is 1.92. The Kier molecular flexibility index (Phi) is 8.51. The van der Waals surface area contributed by atoms with E-state index in [0.717, 1.165) is 31.7 Å². The molecule has 1 heterocycles. The van der Waals surface area contributed by atoms with Crippen molar-refractivity contribution in [1.29, 1.82) is 0 Å². The second kappa shape index (κ2) is 11.5. The van der Waals surface area contributed by atoms with E-state index < -0.39 is 67.4 Å². The first-order valence-corrected chi connectivity index (χ1v) is 19.3. The zero-order valence-electron chi connectivity index (χ0n) is 25.7. The van der Waals surface area contributed by atoms with Crippen LogP contribution in [0.4, 0.5) is 17.1 Å².